The van der Waals surface area contributed by atoms with Crippen LogP contribution in [0.3, 0.4) is 0 Å². The molecular formula is C29H34Cl2N6. The number of fused-ring (bicyclic) bond motifs is 2. The molecule has 3 atom stereocenters. The van der Waals surface area contributed by atoms with Gasteiger partial charge in [0, 0.05) is 38.8 Å². The molecule has 1 aliphatic heterocycles. The van der Waals surface area contributed by atoms with Crippen molar-refractivity contribution >= 4 is 40.2 Å². The second-order valence-electron chi connectivity index (χ2n) is 11.2. The molecule has 2 unspecified atom stereocenters. The topological polar surface area (TPSA) is 62.2 Å². The summed E-state index contributed by atoms with van der Waals surface area (Å²) in [6.07, 6.45) is 5.77. The minimum atomic E-state index is 0.254. The fraction of sp³-hybridized carbons (Fsp3) is 0.517. The van der Waals surface area contributed by atoms with E-state index in [1.165, 1.54) is 12.0 Å². The van der Waals surface area contributed by atoms with Crippen LogP contribution >= 0.6 is 23.2 Å². The molecule has 3 aliphatic rings. The normalized spacial score (nSPS) is 26.1. The monoisotopic (exact) mass is 536 g/mol. The number of piperazine rings is 1. The van der Waals surface area contributed by atoms with Gasteiger partial charge in [0.15, 0.2) is 0 Å². The Morgan fingerprint density at radius 3 is 2.76 bits per heavy atom. The number of nitrogens with one attached hydrogen (secondary N) is 1. The number of imidazole rings is 1. The summed E-state index contributed by atoms with van der Waals surface area (Å²) in [5, 5.41) is 10.5. The lowest BCUT2D eigenvalue weighted by Crippen LogP contribution is -2.46. The van der Waals surface area contributed by atoms with E-state index in [4.69, 9.17) is 28.2 Å². The third-order valence-corrected chi connectivity index (χ3v) is 9.69. The third-order valence-electron chi connectivity index (χ3n) is 8.97. The Morgan fingerprint density at radius 1 is 1.16 bits per heavy atom. The lowest BCUT2D eigenvalue weighted by Gasteiger charge is -2.38. The minimum Gasteiger partial charge on any atom is -0.339 e. The number of aromatic nitrogens is 2. The van der Waals surface area contributed by atoms with Gasteiger partial charge in [-0.3, -0.25) is 0 Å². The number of H-pyrrole nitrogens is 1. The van der Waals surface area contributed by atoms with Gasteiger partial charge in [-0.1, -0.05) is 35.3 Å². The molecule has 2 saturated carbocycles. The quantitative estimate of drug-likeness (QED) is 0.419. The first-order valence-electron chi connectivity index (χ1n) is 13.5. The summed E-state index contributed by atoms with van der Waals surface area (Å²) in [7, 11) is 2.21. The summed E-state index contributed by atoms with van der Waals surface area (Å²) in [5.41, 5.74) is 4.16. The number of nitrogens with zero attached hydrogens (tertiary/aromatic N) is 5. The van der Waals surface area contributed by atoms with E-state index >= 15 is 0 Å². The second kappa shape index (κ2) is 10.1. The van der Waals surface area contributed by atoms with E-state index in [2.05, 4.69) is 44.9 Å². The maximum atomic E-state index is 9.39. The SMILES string of the molecule is CN1CCN(CCCN(c2nc3cc(Cl)c(Cl)cc3[nH]2)C2CC[C@]3(c4cccc(C#N)c4)CC3C2)CC1. The number of halogens is 2. The molecule has 8 heteroatoms. The average Bonchev–Trinajstić information content (AvgIpc) is 3.53. The van der Waals surface area contributed by atoms with Crippen LogP contribution < -0.4 is 4.90 Å². The minimum absolute atomic E-state index is 0.254. The van der Waals surface area contributed by atoms with Crippen LogP contribution in [0.1, 0.15) is 43.2 Å². The summed E-state index contributed by atoms with van der Waals surface area (Å²) in [5.74, 6) is 1.59. The molecular weight excluding hydrogens is 503 g/mol. The van der Waals surface area contributed by atoms with Crippen molar-refractivity contribution in [2.75, 3.05) is 51.2 Å². The van der Waals surface area contributed by atoms with E-state index in [1.807, 2.05) is 24.3 Å². The van der Waals surface area contributed by atoms with Crippen molar-refractivity contribution in [2.45, 2.75) is 43.6 Å². The van der Waals surface area contributed by atoms with Crippen LogP contribution in [0.4, 0.5) is 5.95 Å². The summed E-state index contributed by atoms with van der Waals surface area (Å²) < 4.78 is 0. The molecule has 3 fully saturated rings. The molecule has 194 valence electrons. The van der Waals surface area contributed by atoms with Crippen molar-refractivity contribution < 1.29 is 0 Å². The molecule has 0 radical (unpaired) electrons. The zero-order valence-electron chi connectivity index (χ0n) is 21.4. The molecule has 1 N–H and O–H groups in total. The van der Waals surface area contributed by atoms with Gasteiger partial charge >= 0.3 is 0 Å². The van der Waals surface area contributed by atoms with Crippen molar-refractivity contribution in [3.63, 3.8) is 0 Å². The Bertz CT molecular complexity index is 1280. The Hall–Kier alpha value is -2.30. The van der Waals surface area contributed by atoms with Crippen molar-refractivity contribution in [1.82, 2.24) is 19.8 Å². The van der Waals surface area contributed by atoms with Gasteiger partial charge in [0.25, 0.3) is 0 Å². The number of anilines is 1. The predicted octanol–water partition coefficient (Wildman–Crippen LogP) is 5.70. The van der Waals surface area contributed by atoms with Gasteiger partial charge in [-0.2, -0.15) is 5.26 Å². The highest BCUT2D eigenvalue weighted by Gasteiger charge is 2.58. The number of likely N-dealkylation sites (N-methyl/N-ethyl adjacent to an activating group) is 1. The number of aromatic amines is 1. The van der Waals surface area contributed by atoms with Gasteiger partial charge < -0.3 is 19.7 Å². The molecule has 6 nitrogen and oxygen atoms in total. The van der Waals surface area contributed by atoms with E-state index in [0.717, 1.165) is 87.5 Å². The molecule has 37 heavy (non-hydrogen) atoms. The molecule has 2 aliphatic carbocycles. The number of hydrogen-bond donors (Lipinski definition) is 1. The molecule has 0 amide bonds. The first-order chi connectivity index (χ1) is 17.9. The summed E-state index contributed by atoms with van der Waals surface area (Å²) in [6.45, 7) is 6.68. The van der Waals surface area contributed by atoms with Crippen LogP contribution in [0.5, 0.6) is 0 Å². The predicted molar refractivity (Wildman–Crippen MR) is 151 cm³/mol. The lowest BCUT2D eigenvalue weighted by atomic mass is 9.80. The molecule has 2 heterocycles. The number of benzene rings is 2. The maximum Gasteiger partial charge on any atom is 0.204 e. The Kier molecular flexibility index (Phi) is 6.83. The molecule has 6 rings (SSSR count). The maximum absolute atomic E-state index is 9.39. The molecule has 1 saturated heterocycles. The fourth-order valence-corrected chi connectivity index (χ4v) is 6.99. The van der Waals surface area contributed by atoms with Crippen molar-refractivity contribution in [2.24, 2.45) is 5.92 Å². The van der Waals surface area contributed by atoms with Gasteiger partial charge in [0.2, 0.25) is 5.95 Å². The van der Waals surface area contributed by atoms with Gasteiger partial charge in [0.1, 0.15) is 0 Å². The van der Waals surface area contributed by atoms with E-state index in [0.29, 0.717) is 22.0 Å². The highest BCUT2D eigenvalue weighted by Crippen LogP contribution is 2.63. The van der Waals surface area contributed by atoms with Crippen molar-refractivity contribution in [3.05, 3.63) is 57.6 Å². The van der Waals surface area contributed by atoms with Crippen LogP contribution in [0, 0.1) is 17.2 Å². The molecule has 0 bridgehead atoms. The average molecular weight is 538 g/mol. The fourth-order valence-electron chi connectivity index (χ4n) is 6.67. The van der Waals surface area contributed by atoms with Crippen LogP contribution in [0.15, 0.2) is 36.4 Å². The first-order valence-corrected chi connectivity index (χ1v) is 14.2. The Morgan fingerprint density at radius 2 is 1.97 bits per heavy atom. The van der Waals surface area contributed by atoms with E-state index in [-0.39, 0.29) is 5.41 Å². The third kappa shape index (κ3) is 4.95. The summed E-state index contributed by atoms with van der Waals surface area (Å²) in [6, 6.07) is 14.8. The summed E-state index contributed by atoms with van der Waals surface area (Å²) in [4.78, 5) is 16.0. The highest BCUT2D eigenvalue weighted by atomic mass is 35.5. The highest BCUT2D eigenvalue weighted by molar-refractivity contribution is 6.42. The zero-order valence-corrected chi connectivity index (χ0v) is 22.9. The Labute approximate surface area is 229 Å². The second-order valence-corrected chi connectivity index (χ2v) is 12.0. The van der Waals surface area contributed by atoms with E-state index in [9.17, 15) is 5.26 Å². The zero-order chi connectivity index (χ0) is 25.6. The molecule has 2 aromatic carbocycles. The van der Waals surface area contributed by atoms with Gasteiger partial charge in [-0.05, 0) is 86.9 Å². The van der Waals surface area contributed by atoms with Gasteiger partial charge in [0.05, 0.1) is 32.7 Å². The van der Waals surface area contributed by atoms with Crippen LogP contribution in [-0.4, -0.2) is 72.1 Å². The molecule has 0 spiro atoms. The van der Waals surface area contributed by atoms with E-state index < -0.39 is 0 Å². The molecule has 1 aromatic heterocycles. The largest absolute Gasteiger partial charge is 0.339 e. The lowest BCUT2D eigenvalue weighted by molar-refractivity contribution is 0.153. The summed E-state index contributed by atoms with van der Waals surface area (Å²) >= 11 is 12.6. The van der Waals surface area contributed by atoms with Crippen LogP contribution in [-0.2, 0) is 5.41 Å². The number of hydrogen-bond acceptors (Lipinski definition) is 5. The Balaban J connectivity index is 1.20. The van der Waals surface area contributed by atoms with Crippen molar-refractivity contribution in [3.8, 4) is 6.07 Å². The number of rotatable bonds is 7. The smallest absolute Gasteiger partial charge is 0.204 e. The van der Waals surface area contributed by atoms with Gasteiger partial charge in [-0.15, -0.1) is 0 Å². The van der Waals surface area contributed by atoms with Crippen LogP contribution in [0.25, 0.3) is 11.0 Å². The standard InChI is InChI=1S/C29H34Cl2N6/c1-35-10-12-36(13-11-35)8-3-9-37(28-33-26-16-24(30)25(31)17-27(26)34-28)23-6-7-29(18-22(29)15-23)21-5-2-4-20(14-21)19-32/h2,4-5,14,16-17,22-23H,3,6-13,15,18H2,1H3,(H,33,34)/t22?,23?,29-/m1/s1. The number of nitriles is 1. The molecule has 3 aromatic rings. The first kappa shape index (κ1) is 25.0. The van der Waals surface area contributed by atoms with Gasteiger partial charge in [-0.25, -0.2) is 4.98 Å². The van der Waals surface area contributed by atoms with Crippen molar-refractivity contribution in [1.29, 1.82) is 5.26 Å². The van der Waals surface area contributed by atoms with E-state index in [1.54, 1.807) is 0 Å². The van der Waals surface area contributed by atoms with Crippen LogP contribution in [0.2, 0.25) is 10.0 Å².